The van der Waals surface area contributed by atoms with Gasteiger partial charge < -0.3 is 5.32 Å². The molecule has 1 rings (SSSR count). The molecule has 0 radical (unpaired) electrons. The quantitative estimate of drug-likeness (QED) is 0.638. The first-order chi connectivity index (χ1) is 5.02. The van der Waals surface area contributed by atoms with E-state index in [1.165, 1.54) is 0 Å². The normalized spacial score (nSPS) is 31.0. The third-order valence-corrected chi connectivity index (χ3v) is 2.18. The molecule has 0 aromatic heterocycles. The van der Waals surface area contributed by atoms with E-state index in [1.807, 2.05) is 0 Å². The van der Waals surface area contributed by atoms with Crippen LogP contribution >= 0.6 is 12.4 Å². The van der Waals surface area contributed by atoms with E-state index in [0.717, 1.165) is 0 Å². The summed E-state index contributed by atoms with van der Waals surface area (Å²) in [5.74, 6) is -1.14. The summed E-state index contributed by atoms with van der Waals surface area (Å²) in [4.78, 5) is 0. The highest BCUT2D eigenvalue weighted by molar-refractivity contribution is 5.85. The Bertz CT molecular complexity index is 137. The molecule has 0 spiro atoms. The standard InChI is InChI=1S/C7H12F3N.ClH/c1-5-6(7(8,9)10)3-2-4-11-5;/h5-6,11H,2-4H2,1H3;1H. The van der Waals surface area contributed by atoms with Crippen LogP contribution in [0, 0.1) is 5.92 Å². The van der Waals surface area contributed by atoms with Gasteiger partial charge in [-0.05, 0) is 26.3 Å². The van der Waals surface area contributed by atoms with Gasteiger partial charge in [-0.25, -0.2) is 0 Å². The van der Waals surface area contributed by atoms with Crippen LogP contribution in [0.15, 0.2) is 0 Å². The van der Waals surface area contributed by atoms with Crippen molar-refractivity contribution < 1.29 is 13.2 Å². The summed E-state index contributed by atoms with van der Waals surface area (Å²) in [6.07, 6.45) is -3.11. The van der Waals surface area contributed by atoms with Gasteiger partial charge in [-0.15, -0.1) is 12.4 Å². The molecular weight excluding hydrogens is 191 g/mol. The lowest BCUT2D eigenvalue weighted by atomic mass is 9.92. The minimum absolute atomic E-state index is 0. The fraction of sp³-hybridized carbons (Fsp3) is 1.00. The van der Waals surface area contributed by atoms with Gasteiger partial charge in [-0.2, -0.15) is 13.2 Å². The van der Waals surface area contributed by atoms with Crippen LogP contribution in [-0.2, 0) is 0 Å². The van der Waals surface area contributed by atoms with E-state index in [9.17, 15) is 13.2 Å². The van der Waals surface area contributed by atoms with Crippen LogP contribution in [0.1, 0.15) is 19.8 Å². The number of halogens is 4. The molecule has 1 nitrogen and oxygen atoms in total. The molecule has 1 heterocycles. The molecule has 1 saturated heterocycles. The van der Waals surface area contributed by atoms with E-state index in [4.69, 9.17) is 0 Å². The van der Waals surface area contributed by atoms with E-state index < -0.39 is 18.1 Å². The number of alkyl halides is 3. The molecule has 12 heavy (non-hydrogen) atoms. The summed E-state index contributed by atoms with van der Waals surface area (Å²) in [6, 6.07) is -0.413. The van der Waals surface area contributed by atoms with Gasteiger partial charge in [-0.1, -0.05) is 0 Å². The van der Waals surface area contributed by atoms with Crippen LogP contribution in [0.2, 0.25) is 0 Å². The van der Waals surface area contributed by atoms with E-state index >= 15 is 0 Å². The highest BCUT2D eigenvalue weighted by atomic mass is 35.5. The largest absolute Gasteiger partial charge is 0.393 e. The molecule has 0 saturated carbocycles. The number of nitrogens with one attached hydrogen (secondary N) is 1. The smallest absolute Gasteiger partial charge is 0.314 e. The van der Waals surface area contributed by atoms with E-state index in [-0.39, 0.29) is 18.8 Å². The predicted octanol–water partition coefficient (Wildman–Crippen LogP) is 2.36. The van der Waals surface area contributed by atoms with Gasteiger partial charge in [-0.3, -0.25) is 0 Å². The van der Waals surface area contributed by atoms with Crippen molar-refractivity contribution in [1.82, 2.24) is 5.32 Å². The molecule has 0 amide bonds. The molecule has 1 aliphatic heterocycles. The zero-order chi connectivity index (χ0) is 8.48. The Morgan fingerprint density at radius 1 is 1.33 bits per heavy atom. The molecule has 74 valence electrons. The maximum absolute atomic E-state index is 12.2. The number of rotatable bonds is 0. The lowest BCUT2D eigenvalue weighted by Crippen LogP contribution is -2.45. The lowest BCUT2D eigenvalue weighted by Gasteiger charge is -2.31. The van der Waals surface area contributed by atoms with Crippen molar-refractivity contribution in [2.45, 2.75) is 32.0 Å². The summed E-state index contributed by atoms with van der Waals surface area (Å²) >= 11 is 0. The lowest BCUT2D eigenvalue weighted by molar-refractivity contribution is -0.186. The first-order valence-electron chi connectivity index (χ1n) is 3.82. The SMILES string of the molecule is CC1NCCCC1C(F)(F)F.Cl. The average Bonchev–Trinajstić information content (AvgIpc) is 1.86. The van der Waals surface area contributed by atoms with Crippen molar-refractivity contribution in [1.29, 1.82) is 0 Å². The summed E-state index contributed by atoms with van der Waals surface area (Å²) in [5, 5.41) is 2.82. The molecule has 1 aliphatic rings. The van der Waals surface area contributed by atoms with Crippen LogP contribution < -0.4 is 5.32 Å². The van der Waals surface area contributed by atoms with Crippen molar-refractivity contribution in [2.24, 2.45) is 5.92 Å². The van der Waals surface area contributed by atoms with Gasteiger partial charge in [0.15, 0.2) is 0 Å². The van der Waals surface area contributed by atoms with Crippen molar-refractivity contribution in [3.8, 4) is 0 Å². The predicted molar refractivity (Wildman–Crippen MR) is 43.5 cm³/mol. The third kappa shape index (κ3) is 2.83. The molecule has 0 aliphatic carbocycles. The summed E-state index contributed by atoms with van der Waals surface area (Å²) in [7, 11) is 0. The van der Waals surface area contributed by atoms with Crippen LogP contribution in [-0.4, -0.2) is 18.8 Å². The minimum Gasteiger partial charge on any atom is -0.314 e. The van der Waals surface area contributed by atoms with E-state index in [1.54, 1.807) is 6.92 Å². The molecule has 0 aromatic carbocycles. The van der Waals surface area contributed by atoms with Crippen LogP contribution in [0.5, 0.6) is 0 Å². The van der Waals surface area contributed by atoms with Crippen molar-refractivity contribution >= 4 is 12.4 Å². The molecular formula is C7H13ClF3N. The Balaban J connectivity index is 0.00000121. The van der Waals surface area contributed by atoms with Crippen LogP contribution in [0.25, 0.3) is 0 Å². The monoisotopic (exact) mass is 203 g/mol. The molecule has 5 heteroatoms. The van der Waals surface area contributed by atoms with Crippen LogP contribution in [0.3, 0.4) is 0 Å². The highest BCUT2D eigenvalue weighted by Gasteiger charge is 2.43. The van der Waals surface area contributed by atoms with Gasteiger partial charge in [0, 0.05) is 6.04 Å². The second-order valence-electron chi connectivity index (χ2n) is 3.03. The number of piperidine rings is 1. The topological polar surface area (TPSA) is 12.0 Å². The Morgan fingerprint density at radius 3 is 2.25 bits per heavy atom. The van der Waals surface area contributed by atoms with E-state index in [0.29, 0.717) is 13.0 Å². The molecule has 0 aromatic rings. The summed E-state index contributed by atoms with van der Waals surface area (Å²) < 4.78 is 36.5. The maximum atomic E-state index is 12.2. The molecule has 2 unspecified atom stereocenters. The zero-order valence-electron chi connectivity index (χ0n) is 6.82. The van der Waals surface area contributed by atoms with Gasteiger partial charge >= 0.3 is 6.18 Å². The highest BCUT2D eigenvalue weighted by Crippen LogP contribution is 2.33. The molecule has 0 bridgehead atoms. The minimum atomic E-state index is -4.02. The summed E-state index contributed by atoms with van der Waals surface area (Å²) in [6.45, 7) is 2.31. The first kappa shape index (κ1) is 12.0. The number of hydrogen-bond donors (Lipinski definition) is 1. The Morgan fingerprint density at radius 2 is 1.92 bits per heavy atom. The first-order valence-corrected chi connectivity index (χ1v) is 3.82. The Hall–Kier alpha value is 0.0400. The number of hydrogen-bond acceptors (Lipinski definition) is 1. The molecule has 1 N–H and O–H groups in total. The average molecular weight is 204 g/mol. The van der Waals surface area contributed by atoms with E-state index in [2.05, 4.69) is 5.32 Å². The second kappa shape index (κ2) is 4.33. The Kier molecular flexibility index (Phi) is 4.34. The Labute approximate surface area is 76.1 Å². The van der Waals surface area contributed by atoms with Crippen molar-refractivity contribution in [2.75, 3.05) is 6.54 Å². The summed E-state index contributed by atoms with van der Waals surface area (Å²) in [5.41, 5.74) is 0. The molecule has 2 atom stereocenters. The fourth-order valence-electron chi connectivity index (χ4n) is 1.49. The third-order valence-electron chi connectivity index (χ3n) is 2.18. The zero-order valence-corrected chi connectivity index (χ0v) is 7.63. The van der Waals surface area contributed by atoms with Gasteiger partial charge in [0.05, 0.1) is 5.92 Å². The van der Waals surface area contributed by atoms with Gasteiger partial charge in [0.1, 0.15) is 0 Å². The van der Waals surface area contributed by atoms with Crippen molar-refractivity contribution in [3.05, 3.63) is 0 Å². The van der Waals surface area contributed by atoms with Crippen LogP contribution in [0.4, 0.5) is 13.2 Å². The van der Waals surface area contributed by atoms with Gasteiger partial charge in [0.2, 0.25) is 0 Å². The maximum Gasteiger partial charge on any atom is 0.393 e. The van der Waals surface area contributed by atoms with Crippen molar-refractivity contribution in [3.63, 3.8) is 0 Å². The fourth-order valence-corrected chi connectivity index (χ4v) is 1.49. The molecule has 1 fully saturated rings. The second-order valence-corrected chi connectivity index (χ2v) is 3.03. The van der Waals surface area contributed by atoms with Gasteiger partial charge in [0.25, 0.3) is 0 Å².